The van der Waals surface area contributed by atoms with Crippen LogP contribution in [0.5, 0.6) is 0 Å². The van der Waals surface area contributed by atoms with Gasteiger partial charge in [-0.1, -0.05) is 91.0 Å². The van der Waals surface area contributed by atoms with Crippen LogP contribution in [0.3, 0.4) is 0 Å². The second-order valence-electron chi connectivity index (χ2n) is 10.8. The van der Waals surface area contributed by atoms with Gasteiger partial charge in [-0.05, 0) is 35.8 Å². The molecule has 5 atom stereocenters. The van der Waals surface area contributed by atoms with Crippen molar-refractivity contribution in [2.45, 2.75) is 49.2 Å². The number of ether oxygens (including phenoxy) is 6. The first-order valence-electron chi connectivity index (χ1n) is 15.3. The van der Waals surface area contributed by atoms with E-state index in [4.69, 9.17) is 28.4 Å². The number of rotatable bonds is 19. The Morgan fingerprint density at radius 3 is 1.66 bits per heavy atom. The Balaban J connectivity index is 1.74. The van der Waals surface area contributed by atoms with Gasteiger partial charge in [0.25, 0.3) is 0 Å². The van der Waals surface area contributed by atoms with Crippen LogP contribution in [0.15, 0.2) is 91.0 Å². The summed E-state index contributed by atoms with van der Waals surface area (Å²) in [6.45, 7) is 2.91. The van der Waals surface area contributed by atoms with E-state index in [1.807, 2.05) is 6.07 Å². The standard InChI is InChI=1S/C35H48N2O6S/c1-38-19-21-40-26-42-33-31(23-28-13-7-4-8-14-28)36-35(44-3)37(25-30-17-11-6-12-18-30)32(24-29-15-9-5-10-16-29)34(33)43-27-41-22-20-39-2/h4-18,31-36H,19-27H2,1-3H3/t31-,32-,33+,34+,35?/m1/s1. The van der Waals surface area contributed by atoms with E-state index < -0.39 is 0 Å². The Morgan fingerprint density at radius 1 is 0.636 bits per heavy atom. The van der Waals surface area contributed by atoms with Gasteiger partial charge in [0.2, 0.25) is 0 Å². The Bertz CT molecular complexity index is 1150. The van der Waals surface area contributed by atoms with E-state index in [2.05, 4.69) is 101 Å². The SMILES string of the molecule is COCCOCO[C@@H]1[C@@H](OCOCCOC)[C@@H](Cc2ccccc2)NC(SC)N(Cc2ccccc2)[C@@H]1Cc1ccccc1. The van der Waals surface area contributed by atoms with E-state index in [-0.39, 0.29) is 43.4 Å². The zero-order chi connectivity index (χ0) is 30.8. The van der Waals surface area contributed by atoms with Crippen molar-refractivity contribution >= 4 is 11.8 Å². The average molecular weight is 625 g/mol. The summed E-state index contributed by atoms with van der Waals surface area (Å²) < 4.78 is 35.5. The highest BCUT2D eigenvalue weighted by Gasteiger charge is 2.45. The van der Waals surface area contributed by atoms with Crippen molar-refractivity contribution in [3.63, 3.8) is 0 Å². The minimum atomic E-state index is -0.342. The summed E-state index contributed by atoms with van der Waals surface area (Å²) in [5, 5.41) is 3.99. The molecular formula is C35H48N2O6S. The summed E-state index contributed by atoms with van der Waals surface area (Å²) >= 11 is 1.80. The van der Waals surface area contributed by atoms with E-state index in [9.17, 15) is 0 Å². The number of nitrogens with zero attached hydrogens (tertiary/aromatic N) is 1. The van der Waals surface area contributed by atoms with Crippen molar-refractivity contribution in [2.24, 2.45) is 0 Å². The predicted molar refractivity (Wildman–Crippen MR) is 175 cm³/mol. The second kappa shape index (κ2) is 19.9. The third-order valence-corrected chi connectivity index (χ3v) is 8.61. The lowest BCUT2D eigenvalue weighted by Crippen LogP contribution is -2.53. The van der Waals surface area contributed by atoms with Crippen LogP contribution in [-0.2, 0) is 47.8 Å². The van der Waals surface area contributed by atoms with Crippen LogP contribution in [0, 0.1) is 0 Å². The molecule has 0 amide bonds. The van der Waals surface area contributed by atoms with Gasteiger partial charge in [-0.2, -0.15) is 0 Å². The zero-order valence-corrected chi connectivity index (χ0v) is 27.0. The van der Waals surface area contributed by atoms with Crippen LogP contribution < -0.4 is 5.32 Å². The van der Waals surface area contributed by atoms with Gasteiger partial charge in [-0.15, -0.1) is 11.8 Å². The first-order chi connectivity index (χ1) is 21.7. The number of hydrogen-bond donors (Lipinski definition) is 1. The molecule has 0 bridgehead atoms. The molecule has 1 aliphatic rings. The minimum absolute atomic E-state index is 0.00106. The summed E-state index contributed by atoms with van der Waals surface area (Å²) in [6, 6.07) is 31.7. The molecule has 0 spiro atoms. The molecule has 0 saturated carbocycles. The van der Waals surface area contributed by atoms with Crippen molar-refractivity contribution < 1.29 is 28.4 Å². The topological polar surface area (TPSA) is 70.7 Å². The molecule has 240 valence electrons. The zero-order valence-electron chi connectivity index (χ0n) is 26.2. The highest BCUT2D eigenvalue weighted by Crippen LogP contribution is 2.32. The smallest absolute Gasteiger partial charge is 0.147 e. The van der Waals surface area contributed by atoms with Crippen molar-refractivity contribution in [1.29, 1.82) is 0 Å². The van der Waals surface area contributed by atoms with E-state index in [0.717, 1.165) is 19.4 Å². The lowest BCUT2D eigenvalue weighted by Gasteiger charge is -2.40. The normalized spacial score (nSPS) is 22.6. The number of thioether (sulfide) groups is 1. The molecule has 0 aliphatic carbocycles. The van der Waals surface area contributed by atoms with Crippen LogP contribution in [-0.4, -0.2) is 95.2 Å². The van der Waals surface area contributed by atoms with Crippen LogP contribution >= 0.6 is 11.8 Å². The van der Waals surface area contributed by atoms with Crippen molar-refractivity contribution in [1.82, 2.24) is 10.2 Å². The minimum Gasteiger partial charge on any atom is -0.382 e. The Hall–Kier alpha value is -2.31. The first-order valence-corrected chi connectivity index (χ1v) is 16.5. The maximum absolute atomic E-state index is 6.74. The average Bonchev–Trinajstić information content (AvgIpc) is 3.16. The molecule has 4 rings (SSSR count). The number of benzene rings is 3. The summed E-state index contributed by atoms with van der Waals surface area (Å²) in [4.78, 5) is 2.53. The van der Waals surface area contributed by atoms with Crippen molar-refractivity contribution in [3.05, 3.63) is 108 Å². The van der Waals surface area contributed by atoms with Gasteiger partial charge in [0.05, 0.1) is 26.4 Å². The van der Waals surface area contributed by atoms with Crippen LogP contribution in [0.1, 0.15) is 16.7 Å². The van der Waals surface area contributed by atoms with Gasteiger partial charge >= 0.3 is 0 Å². The summed E-state index contributed by atoms with van der Waals surface area (Å²) in [5.41, 5.74) is 3.70. The van der Waals surface area contributed by atoms with Crippen LogP contribution in [0.2, 0.25) is 0 Å². The largest absolute Gasteiger partial charge is 0.382 e. The van der Waals surface area contributed by atoms with Gasteiger partial charge in [0.1, 0.15) is 31.3 Å². The molecule has 1 fully saturated rings. The lowest BCUT2D eigenvalue weighted by atomic mass is 9.91. The predicted octanol–water partition coefficient (Wildman–Crippen LogP) is 4.97. The van der Waals surface area contributed by atoms with Gasteiger partial charge < -0.3 is 28.4 Å². The molecule has 3 aromatic carbocycles. The molecule has 8 nitrogen and oxygen atoms in total. The third kappa shape index (κ3) is 10.9. The fourth-order valence-corrected chi connectivity index (χ4v) is 6.40. The highest BCUT2D eigenvalue weighted by atomic mass is 32.2. The van der Waals surface area contributed by atoms with Crippen molar-refractivity contribution in [3.8, 4) is 0 Å². The Labute approximate surface area is 267 Å². The molecule has 1 aliphatic heterocycles. The van der Waals surface area contributed by atoms with E-state index in [1.165, 1.54) is 16.7 Å². The third-order valence-electron chi connectivity index (χ3n) is 7.75. The maximum atomic E-state index is 6.74. The lowest BCUT2D eigenvalue weighted by molar-refractivity contribution is -0.188. The van der Waals surface area contributed by atoms with Crippen LogP contribution in [0.4, 0.5) is 0 Å². The second-order valence-corrected chi connectivity index (χ2v) is 11.7. The number of nitrogens with one attached hydrogen (secondary N) is 1. The van der Waals surface area contributed by atoms with Gasteiger partial charge in [-0.25, -0.2) is 0 Å². The Kier molecular flexibility index (Phi) is 15.7. The highest BCUT2D eigenvalue weighted by molar-refractivity contribution is 7.99. The molecule has 0 aromatic heterocycles. The quantitative estimate of drug-likeness (QED) is 0.147. The number of methoxy groups -OCH3 is 2. The van der Waals surface area contributed by atoms with Crippen molar-refractivity contribution in [2.75, 3.05) is 60.5 Å². The summed E-state index contributed by atoms with van der Waals surface area (Å²) in [7, 11) is 3.34. The molecular weight excluding hydrogens is 576 g/mol. The molecule has 1 heterocycles. The maximum Gasteiger partial charge on any atom is 0.147 e. The fraction of sp³-hybridized carbons (Fsp3) is 0.486. The monoisotopic (exact) mass is 624 g/mol. The van der Waals surface area contributed by atoms with Gasteiger partial charge in [0.15, 0.2) is 0 Å². The summed E-state index contributed by atoms with van der Waals surface area (Å²) in [5.74, 6) is 0. The molecule has 44 heavy (non-hydrogen) atoms. The van der Waals surface area contributed by atoms with Gasteiger partial charge in [-0.3, -0.25) is 10.2 Å². The fourth-order valence-electron chi connectivity index (χ4n) is 5.59. The van der Waals surface area contributed by atoms with Crippen LogP contribution in [0.25, 0.3) is 0 Å². The Morgan fingerprint density at radius 2 is 1.14 bits per heavy atom. The van der Waals surface area contributed by atoms with Gasteiger partial charge in [0, 0.05) is 32.8 Å². The van der Waals surface area contributed by atoms with E-state index >= 15 is 0 Å². The molecule has 1 N–H and O–H groups in total. The summed E-state index contributed by atoms with van der Waals surface area (Å²) in [6.07, 6.45) is 3.02. The molecule has 3 aromatic rings. The van der Waals surface area contributed by atoms with E-state index in [0.29, 0.717) is 26.4 Å². The first kappa shape index (κ1) is 34.6. The molecule has 0 radical (unpaired) electrons. The molecule has 9 heteroatoms. The molecule has 1 saturated heterocycles. The van der Waals surface area contributed by atoms with E-state index in [1.54, 1.807) is 26.0 Å². The number of hydrogen-bond acceptors (Lipinski definition) is 9. The molecule has 1 unspecified atom stereocenters.